The summed E-state index contributed by atoms with van der Waals surface area (Å²) in [5, 5.41) is 2.14. The Kier molecular flexibility index (Phi) is 3.14. The summed E-state index contributed by atoms with van der Waals surface area (Å²) in [6.07, 6.45) is 0. The maximum atomic E-state index is 11.5. The van der Waals surface area contributed by atoms with Gasteiger partial charge in [0.05, 0.1) is 0 Å². The van der Waals surface area contributed by atoms with Gasteiger partial charge in [-0.25, -0.2) is 0 Å². The fourth-order valence-corrected chi connectivity index (χ4v) is 1.48. The highest BCUT2D eigenvalue weighted by Gasteiger charge is 2.13. The van der Waals surface area contributed by atoms with Crippen molar-refractivity contribution >= 4 is 17.5 Å². The minimum absolute atomic E-state index is 0.0945. The minimum Gasteiger partial charge on any atom is -0.451 e. The van der Waals surface area contributed by atoms with Crippen LogP contribution in [-0.4, -0.2) is 11.8 Å². The monoisotopic (exact) mass is 244 g/mol. The molecular weight excluding hydrogens is 232 g/mol. The van der Waals surface area contributed by atoms with Gasteiger partial charge in [0, 0.05) is 18.2 Å². The number of nitrogen functional groups attached to an aromatic ring is 1. The molecule has 1 heterocycles. The van der Waals surface area contributed by atoms with Crippen LogP contribution in [0.4, 0.5) is 5.69 Å². The second-order valence-electron chi connectivity index (χ2n) is 3.80. The second kappa shape index (κ2) is 4.75. The summed E-state index contributed by atoms with van der Waals surface area (Å²) in [4.78, 5) is 22.3. The second-order valence-corrected chi connectivity index (χ2v) is 3.80. The third-order valence-corrected chi connectivity index (χ3v) is 2.31. The standard InChI is InChI=1S/C13H12N2O3/c1-8(16)15-13(17)12-7-6-11(18-12)9-2-4-10(14)5-3-9/h2-7H,14H2,1H3,(H,15,16,17). The first-order chi connectivity index (χ1) is 8.56. The van der Waals surface area contributed by atoms with Crippen LogP contribution in [0.2, 0.25) is 0 Å². The van der Waals surface area contributed by atoms with Crippen molar-refractivity contribution in [2.75, 3.05) is 5.73 Å². The average Bonchev–Trinajstić information content (AvgIpc) is 2.78. The predicted molar refractivity (Wildman–Crippen MR) is 66.7 cm³/mol. The SMILES string of the molecule is CC(=O)NC(=O)c1ccc(-c2ccc(N)cc2)o1. The number of amides is 2. The molecule has 0 spiro atoms. The molecule has 18 heavy (non-hydrogen) atoms. The lowest BCUT2D eigenvalue weighted by atomic mass is 10.1. The molecule has 2 rings (SSSR count). The molecule has 0 atom stereocenters. The number of anilines is 1. The number of nitrogens with two attached hydrogens (primary N) is 1. The van der Waals surface area contributed by atoms with Gasteiger partial charge in [-0.2, -0.15) is 0 Å². The van der Waals surface area contributed by atoms with Crippen molar-refractivity contribution in [2.45, 2.75) is 6.92 Å². The summed E-state index contributed by atoms with van der Waals surface area (Å²) in [6, 6.07) is 10.3. The molecule has 2 aromatic rings. The van der Waals surface area contributed by atoms with Crippen LogP contribution in [-0.2, 0) is 4.79 Å². The molecule has 0 unspecified atom stereocenters. The van der Waals surface area contributed by atoms with Crippen molar-refractivity contribution in [1.82, 2.24) is 5.32 Å². The third-order valence-electron chi connectivity index (χ3n) is 2.31. The summed E-state index contributed by atoms with van der Waals surface area (Å²) in [5.74, 6) is -0.338. The Hall–Kier alpha value is -2.56. The summed E-state index contributed by atoms with van der Waals surface area (Å²) in [7, 11) is 0. The van der Waals surface area contributed by atoms with E-state index in [0.29, 0.717) is 11.4 Å². The maximum Gasteiger partial charge on any atom is 0.293 e. The van der Waals surface area contributed by atoms with Crippen LogP contribution >= 0.6 is 0 Å². The molecule has 2 amide bonds. The van der Waals surface area contributed by atoms with Crippen molar-refractivity contribution in [1.29, 1.82) is 0 Å². The number of hydrogen-bond donors (Lipinski definition) is 2. The van der Waals surface area contributed by atoms with Crippen molar-refractivity contribution in [3.8, 4) is 11.3 Å². The zero-order chi connectivity index (χ0) is 13.1. The smallest absolute Gasteiger partial charge is 0.293 e. The summed E-state index contributed by atoms with van der Waals surface area (Å²) >= 11 is 0. The third kappa shape index (κ3) is 2.57. The van der Waals surface area contributed by atoms with Crippen LogP contribution in [0.1, 0.15) is 17.5 Å². The van der Waals surface area contributed by atoms with Gasteiger partial charge in [0.1, 0.15) is 5.76 Å². The topological polar surface area (TPSA) is 85.3 Å². The first-order valence-corrected chi connectivity index (χ1v) is 5.34. The van der Waals surface area contributed by atoms with Crippen LogP contribution < -0.4 is 11.1 Å². The lowest BCUT2D eigenvalue weighted by Crippen LogP contribution is -2.27. The molecule has 0 fully saturated rings. The van der Waals surface area contributed by atoms with Gasteiger partial charge < -0.3 is 10.2 Å². The number of carbonyl (C=O) groups is 2. The Bertz CT molecular complexity index is 585. The highest BCUT2D eigenvalue weighted by molar-refractivity contribution is 6.02. The van der Waals surface area contributed by atoms with Crippen LogP contribution in [0.25, 0.3) is 11.3 Å². The predicted octanol–water partition coefficient (Wildman–Crippen LogP) is 1.81. The van der Waals surface area contributed by atoms with Gasteiger partial charge in [0.2, 0.25) is 5.91 Å². The normalized spacial score (nSPS) is 10.1. The fourth-order valence-electron chi connectivity index (χ4n) is 1.48. The Morgan fingerprint density at radius 2 is 1.78 bits per heavy atom. The first-order valence-electron chi connectivity index (χ1n) is 5.34. The molecule has 0 bridgehead atoms. The van der Waals surface area contributed by atoms with E-state index in [1.165, 1.54) is 13.0 Å². The Labute approximate surface area is 104 Å². The first kappa shape index (κ1) is 11.9. The van der Waals surface area contributed by atoms with E-state index in [2.05, 4.69) is 5.32 Å². The lowest BCUT2D eigenvalue weighted by molar-refractivity contribution is -0.118. The highest BCUT2D eigenvalue weighted by atomic mass is 16.4. The van der Waals surface area contributed by atoms with E-state index in [1.807, 2.05) is 0 Å². The van der Waals surface area contributed by atoms with E-state index in [1.54, 1.807) is 30.3 Å². The van der Waals surface area contributed by atoms with Crippen molar-refractivity contribution < 1.29 is 14.0 Å². The Balaban J connectivity index is 2.22. The molecule has 0 radical (unpaired) electrons. The quantitative estimate of drug-likeness (QED) is 0.789. The molecule has 3 N–H and O–H groups in total. The molecule has 0 aliphatic carbocycles. The van der Waals surface area contributed by atoms with E-state index in [-0.39, 0.29) is 5.76 Å². The van der Waals surface area contributed by atoms with Gasteiger partial charge in [-0.1, -0.05) is 0 Å². The number of nitrogens with one attached hydrogen (secondary N) is 1. The molecular formula is C13H12N2O3. The van der Waals surface area contributed by atoms with Crippen molar-refractivity contribution in [3.05, 3.63) is 42.2 Å². The molecule has 1 aromatic carbocycles. The number of carbonyl (C=O) groups excluding carboxylic acids is 2. The molecule has 92 valence electrons. The molecule has 5 nitrogen and oxygen atoms in total. The number of rotatable bonds is 2. The van der Waals surface area contributed by atoms with E-state index < -0.39 is 11.8 Å². The van der Waals surface area contributed by atoms with Gasteiger partial charge in [-0.15, -0.1) is 0 Å². The Morgan fingerprint density at radius 1 is 1.11 bits per heavy atom. The number of hydrogen-bond acceptors (Lipinski definition) is 4. The molecule has 0 aliphatic heterocycles. The van der Waals surface area contributed by atoms with Crippen molar-refractivity contribution in [3.63, 3.8) is 0 Å². The lowest BCUT2D eigenvalue weighted by Gasteiger charge is -1.99. The average molecular weight is 244 g/mol. The van der Waals surface area contributed by atoms with Gasteiger partial charge >= 0.3 is 0 Å². The Morgan fingerprint density at radius 3 is 2.39 bits per heavy atom. The van der Waals surface area contributed by atoms with Gasteiger partial charge in [0.15, 0.2) is 5.76 Å². The van der Waals surface area contributed by atoms with Crippen LogP contribution in [0.3, 0.4) is 0 Å². The minimum atomic E-state index is -0.552. The molecule has 1 aromatic heterocycles. The molecule has 0 aliphatic rings. The number of benzene rings is 1. The largest absolute Gasteiger partial charge is 0.451 e. The van der Waals surface area contributed by atoms with Gasteiger partial charge in [-0.05, 0) is 36.4 Å². The van der Waals surface area contributed by atoms with E-state index >= 15 is 0 Å². The molecule has 0 saturated heterocycles. The fraction of sp³-hybridized carbons (Fsp3) is 0.0769. The van der Waals surface area contributed by atoms with E-state index in [0.717, 1.165) is 5.56 Å². The van der Waals surface area contributed by atoms with E-state index in [9.17, 15) is 9.59 Å². The summed E-state index contributed by atoms with van der Waals surface area (Å²) < 4.78 is 5.37. The molecule has 0 saturated carbocycles. The van der Waals surface area contributed by atoms with Crippen LogP contribution in [0.15, 0.2) is 40.8 Å². The zero-order valence-corrected chi connectivity index (χ0v) is 9.77. The number of imide groups is 1. The number of furan rings is 1. The van der Waals surface area contributed by atoms with Gasteiger partial charge in [-0.3, -0.25) is 14.9 Å². The van der Waals surface area contributed by atoms with Crippen molar-refractivity contribution in [2.24, 2.45) is 0 Å². The van der Waals surface area contributed by atoms with E-state index in [4.69, 9.17) is 10.2 Å². The summed E-state index contributed by atoms with van der Waals surface area (Å²) in [5.41, 5.74) is 7.04. The zero-order valence-electron chi connectivity index (χ0n) is 9.77. The molecule has 5 heteroatoms. The summed E-state index contributed by atoms with van der Waals surface area (Å²) in [6.45, 7) is 1.27. The maximum absolute atomic E-state index is 11.5. The van der Waals surface area contributed by atoms with Gasteiger partial charge in [0.25, 0.3) is 5.91 Å². The van der Waals surface area contributed by atoms with Crippen LogP contribution in [0, 0.1) is 0 Å². The highest BCUT2D eigenvalue weighted by Crippen LogP contribution is 2.22. The van der Waals surface area contributed by atoms with Crippen LogP contribution in [0.5, 0.6) is 0 Å².